The highest BCUT2D eigenvalue weighted by Gasteiger charge is 2.34. The van der Waals surface area contributed by atoms with Crippen molar-refractivity contribution in [2.75, 3.05) is 7.11 Å². The van der Waals surface area contributed by atoms with Crippen molar-refractivity contribution in [3.05, 3.63) is 40.4 Å². The summed E-state index contributed by atoms with van der Waals surface area (Å²) in [6, 6.07) is 3.13. The second-order valence-electron chi connectivity index (χ2n) is 6.67. The van der Waals surface area contributed by atoms with E-state index in [2.05, 4.69) is 11.9 Å². The molecule has 0 N–H and O–H groups in total. The Balaban J connectivity index is 2.16. The monoisotopic (exact) mass is 373 g/mol. The predicted molar refractivity (Wildman–Crippen MR) is 100 cm³/mol. The van der Waals surface area contributed by atoms with Crippen LogP contribution < -0.4 is 0 Å². The van der Waals surface area contributed by atoms with Gasteiger partial charge in [0, 0.05) is 12.5 Å². The zero-order valence-corrected chi connectivity index (χ0v) is 16.3. The summed E-state index contributed by atoms with van der Waals surface area (Å²) in [4.78, 5) is 40.9. The van der Waals surface area contributed by atoms with E-state index in [1.165, 1.54) is 33.3 Å². The number of hydrogen-bond donors (Lipinski definition) is 0. The third kappa shape index (κ3) is 5.25. The fourth-order valence-corrected chi connectivity index (χ4v) is 3.14. The smallest absolute Gasteiger partial charge is 0.303 e. The Bertz CT molecular complexity index is 751. The first-order valence-electron chi connectivity index (χ1n) is 9.49. The molecule has 0 unspecified atom stereocenters. The highest BCUT2D eigenvalue weighted by Crippen LogP contribution is 2.29. The molecule has 27 heavy (non-hydrogen) atoms. The van der Waals surface area contributed by atoms with Crippen LogP contribution in [-0.4, -0.2) is 29.6 Å². The molecule has 0 amide bonds. The summed E-state index contributed by atoms with van der Waals surface area (Å²) in [5, 5.41) is 0. The number of aromatic nitrogens is 1. The van der Waals surface area contributed by atoms with Gasteiger partial charge < -0.3 is 9.47 Å². The van der Waals surface area contributed by atoms with Crippen molar-refractivity contribution in [2.24, 2.45) is 0 Å². The molecule has 0 aliphatic heterocycles. The molecule has 0 radical (unpaired) electrons. The Kier molecular flexibility index (Phi) is 7.70. The van der Waals surface area contributed by atoms with E-state index in [1.807, 2.05) is 0 Å². The molecule has 1 aliphatic carbocycles. The number of hydrogen-bond acceptors (Lipinski definition) is 6. The van der Waals surface area contributed by atoms with Crippen molar-refractivity contribution in [3.8, 4) is 0 Å². The van der Waals surface area contributed by atoms with Crippen LogP contribution in [0.2, 0.25) is 0 Å². The van der Waals surface area contributed by atoms with Crippen LogP contribution in [0.15, 0.2) is 23.5 Å². The summed E-state index contributed by atoms with van der Waals surface area (Å²) in [6.07, 6.45) is 7.03. The van der Waals surface area contributed by atoms with Crippen molar-refractivity contribution in [3.63, 3.8) is 0 Å². The van der Waals surface area contributed by atoms with E-state index in [4.69, 9.17) is 9.47 Å². The van der Waals surface area contributed by atoms with E-state index in [-0.39, 0.29) is 35.2 Å². The van der Waals surface area contributed by atoms with Crippen molar-refractivity contribution in [1.29, 1.82) is 0 Å². The molecule has 1 aromatic heterocycles. The average molecular weight is 373 g/mol. The number of fused-ring (bicyclic) bond motifs is 1. The predicted octanol–water partition coefficient (Wildman–Crippen LogP) is 4.17. The van der Waals surface area contributed by atoms with Gasteiger partial charge in [0.15, 0.2) is 5.76 Å². The van der Waals surface area contributed by atoms with Crippen LogP contribution >= 0.6 is 0 Å². The molecule has 0 aromatic carbocycles. The van der Waals surface area contributed by atoms with Gasteiger partial charge in [-0.2, -0.15) is 0 Å². The summed E-state index contributed by atoms with van der Waals surface area (Å²) < 4.78 is 10.2. The zero-order valence-electron chi connectivity index (χ0n) is 16.3. The standard InChI is InChI=1S/C21H27NO5/c1-4-5-6-7-8-9-10-17-19(24)18-16(20(25)21(17)26-3)12-11-15(22-18)13-27-14(2)23/h11-12H,4-10,13H2,1-3H3. The number of esters is 1. The summed E-state index contributed by atoms with van der Waals surface area (Å²) >= 11 is 0. The molecule has 1 heterocycles. The summed E-state index contributed by atoms with van der Waals surface area (Å²) in [7, 11) is 1.41. The quantitative estimate of drug-likeness (QED) is 0.452. The van der Waals surface area contributed by atoms with Gasteiger partial charge in [0.2, 0.25) is 11.6 Å². The first kappa shape index (κ1) is 20.8. The minimum absolute atomic E-state index is 0.0301. The Morgan fingerprint density at radius 2 is 1.74 bits per heavy atom. The van der Waals surface area contributed by atoms with E-state index in [0.717, 1.165) is 19.3 Å². The van der Waals surface area contributed by atoms with Gasteiger partial charge in [0.1, 0.15) is 12.3 Å². The average Bonchev–Trinajstić information content (AvgIpc) is 2.66. The third-order valence-electron chi connectivity index (χ3n) is 4.57. The number of carbonyl (C=O) groups excluding carboxylic acids is 3. The molecule has 0 fully saturated rings. The second kappa shape index (κ2) is 10.00. The molecular weight excluding hydrogens is 346 g/mol. The lowest BCUT2D eigenvalue weighted by Gasteiger charge is -2.20. The first-order valence-corrected chi connectivity index (χ1v) is 9.49. The Morgan fingerprint density at radius 3 is 2.41 bits per heavy atom. The number of Topliss-reactive ketones (excluding diaryl/α,β-unsaturated/α-hetero) is 2. The van der Waals surface area contributed by atoms with Crippen LogP contribution in [0.5, 0.6) is 0 Å². The number of ether oxygens (including phenoxy) is 2. The molecule has 1 aromatic rings. The lowest BCUT2D eigenvalue weighted by Crippen LogP contribution is -2.25. The lowest BCUT2D eigenvalue weighted by atomic mass is 9.88. The molecule has 6 heteroatoms. The fourth-order valence-electron chi connectivity index (χ4n) is 3.14. The maximum Gasteiger partial charge on any atom is 0.303 e. The van der Waals surface area contributed by atoms with E-state index >= 15 is 0 Å². The highest BCUT2D eigenvalue weighted by molar-refractivity contribution is 6.25. The first-order chi connectivity index (χ1) is 13.0. The fraction of sp³-hybridized carbons (Fsp3) is 0.524. The van der Waals surface area contributed by atoms with Crippen LogP contribution in [0, 0.1) is 0 Å². The van der Waals surface area contributed by atoms with Crippen LogP contribution in [0.1, 0.15) is 85.3 Å². The van der Waals surface area contributed by atoms with Gasteiger partial charge in [0.25, 0.3) is 0 Å². The number of pyridine rings is 1. The summed E-state index contributed by atoms with van der Waals surface area (Å²) in [5.74, 6) is -0.905. The maximum absolute atomic E-state index is 12.9. The molecule has 6 nitrogen and oxygen atoms in total. The van der Waals surface area contributed by atoms with Gasteiger partial charge in [-0.15, -0.1) is 0 Å². The minimum Gasteiger partial charge on any atom is -0.492 e. The van der Waals surface area contributed by atoms with Crippen LogP contribution in [0.3, 0.4) is 0 Å². The Hall–Kier alpha value is -2.50. The molecule has 2 rings (SSSR count). The van der Waals surface area contributed by atoms with Gasteiger partial charge in [0.05, 0.1) is 18.4 Å². The SMILES string of the molecule is CCCCCCCCC1=C(OC)C(=O)c2ccc(COC(C)=O)nc2C1=O. The lowest BCUT2D eigenvalue weighted by molar-refractivity contribution is -0.142. The van der Waals surface area contributed by atoms with Gasteiger partial charge in [-0.3, -0.25) is 14.4 Å². The zero-order chi connectivity index (χ0) is 19.8. The molecule has 0 spiro atoms. The normalized spacial score (nSPS) is 13.6. The van der Waals surface area contributed by atoms with Crippen molar-refractivity contribution >= 4 is 17.5 Å². The second-order valence-corrected chi connectivity index (χ2v) is 6.67. The summed E-state index contributed by atoms with van der Waals surface area (Å²) in [6.45, 7) is 3.44. The van der Waals surface area contributed by atoms with E-state index in [1.54, 1.807) is 12.1 Å². The van der Waals surface area contributed by atoms with Gasteiger partial charge in [-0.1, -0.05) is 39.0 Å². The van der Waals surface area contributed by atoms with Crippen LogP contribution in [-0.2, 0) is 20.9 Å². The Morgan fingerprint density at radius 1 is 1.04 bits per heavy atom. The van der Waals surface area contributed by atoms with Crippen molar-refractivity contribution in [2.45, 2.75) is 65.4 Å². The van der Waals surface area contributed by atoms with E-state index in [0.29, 0.717) is 17.7 Å². The summed E-state index contributed by atoms with van der Waals surface area (Å²) in [5.41, 5.74) is 1.18. The number of methoxy groups -OCH3 is 1. The van der Waals surface area contributed by atoms with Gasteiger partial charge >= 0.3 is 5.97 Å². The maximum atomic E-state index is 12.9. The molecule has 0 saturated carbocycles. The number of nitrogens with zero attached hydrogens (tertiary/aromatic N) is 1. The highest BCUT2D eigenvalue weighted by atomic mass is 16.5. The number of allylic oxidation sites excluding steroid dienone is 2. The largest absolute Gasteiger partial charge is 0.492 e. The third-order valence-corrected chi connectivity index (χ3v) is 4.57. The number of unbranched alkanes of at least 4 members (excludes halogenated alkanes) is 5. The van der Waals surface area contributed by atoms with Crippen molar-refractivity contribution < 1.29 is 23.9 Å². The molecular formula is C21H27NO5. The molecule has 0 bridgehead atoms. The number of ketones is 2. The Labute approximate surface area is 160 Å². The number of rotatable bonds is 10. The van der Waals surface area contributed by atoms with Crippen molar-refractivity contribution in [1.82, 2.24) is 4.98 Å². The van der Waals surface area contributed by atoms with Crippen LogP contribution in [0.4, 0.5) is 0 Å². The molecule has 1 aliphatic rings. The van der Waals surface area contributed by atoms with Crippen LogP contribution in [0.25, 0.3) is 0 Å². The molecule has 0 saturated heterocycles. The van der Waals surface area contributed by atoms with Gasteiger partial charge in [-0.05, 0) is 25.0 Å². The van der Waals surface area contributed by atoms with E-state index < -0.39 is 5.97 Å². The number of carbonyl (C=O) groups is 3. The molecule has 146 valence electrons. The van der Waals surface area contributed by atoms with E-state index in [9.17, 15) is 14.4 Å². The minimum atomic E-state index is -0.428. The molecule has 0 atom stereocenters. The topological polar surface area (TPSA) is 82.6 Å². The van der Waals surface area contributed by atoms with Gasteiger partial charge in [-0.25, -0.2) is 4.98 Å².